The van der Waals surface area contributed by atoms with Crippen LogP contribution < -0.4 is 5.32 Å². The number of ether oxygens (including phenoxy) is 2. The fraction of sp³-hybridized carbons (Fsp3) is 0.412. The number of carboxylic acids is 1. The molecule has 0 unspecified atom stereocenters. The van der Waals surface area contributed by atoms with Crippen LogP contribution in [0, 0.1) is 5.92 Å². The molecule has 1 aromatic carbocycles. The van der Waals surface area contributed by atoms with Crippen LogP contribution in [0.25, 0.3) is 0 Å². The zero-order valence-corrected chi connectivity index (χ0v) is 17.8. The number of rotatable bonds is 9. The molecule has 0 aliphatic heterocycles. The van der Waals surface area contributed by atoms with Crippen LogP contribution in [0.2, 0.25) is 0 Å². The Morgan fingerprint density at radius 1 is 1.04 bits per heavy atom. The molecule has 1 aromatic rings. The highest BCUT2D eigenvalue weighted by atomic mass is 79.9. The minimum atomic E-state index is -1.67. The summed E-state index contributed by atoms with van der Waals surface area (Å²) in [7, 11) is 0. The van der Waals surface area contributed by atoms with Crippen LogP contribution in [0.5, 0.6) is 0 Å². The summed E-state index contributed by atoms with van der Waals surface area (Å²) in [4.78, 5) is 48.2. The van der Waals surface area contributed by atoms with Gasteiger partial charge < -0.3 is 19.9 Å². The Labute approximate surface area is 172 Å². The van der Waals surface area contributed by atoms with Gasteiger partial charge in [0, 0.05) is 14.5 Å². The van der Waals surface area contributed by atoms with Crippen molar-refractivity contribution in [2.45, 2.75) is 26.3 Å². The largest absolute Gasteiger partial charge is 0.480 e. The van der Waals surface area contributed by atoms with Crippen LogP contribution in [0.3, 0.4) is 0 Å². The summed E-state index contributed by atoms with van der Waals surface area (Å²) in [5.41, 5.74) is 0.168. The number of halogens is 2. The predicted molar refractivity (Wildman–Crippen MR) is 102 cm³/mol. The third-order valence-corrected chi connectivity index (χ3v) is 4.28. The lowest BCUT2D eigenvalue weighted by Crippen LogP contribution is -2.49. The highest BCUT2D eigenvalue weighted by Crippen LogP contribution is 2.21. The van der Waals surface area contributed by atoms with Crippen LogP contribution in [0.1, 0.15) is 30.6 Å². The standard InChI is InChI=1S/C17H19Br2NO7/c1-3-26-13(21)8-12(17(25)27-4-2)14(16(23)24)20-15(22)9-5-10(18)7-11(19)6-9/h5-7,12,14H,3-4,8H2,1-2H3,(H,20,22)(H,23,24)/t12-,14-/m0/s1. The molecular formula is C17H19Br2NO7. The Kier molecular flexibility index (Phi) is 9.44. The Balaban J connectivity index is 3.11. The van der Waals surface area contributed by atoms with Gasteiger partial charge in [-0.15, -0.1) is 0 Å². The van der Waals surface area contributed by atoms with E-state index >= 15 is 0 Å². The second-order valence-corrected chi connectivity index (χ2v) is 7.15. The smallest absolute Gasteiger partial charge is 0.327 e. The molecule has 2 atom stereocenters. The van der Waals surface area contributed by atoms with Gasteiger partial charge in [-0.05, 0) is 32.0 Å². The Morgan fingerprint density at radius 3 is 2.07 bits per heavy atom. The minimum absolute atomic E-state index is 0.00295. The van der Waals surface area contributed by atoms with E-state index in [1.807, 2.05) is 0 Å². The molecule has 27 heavy (non-hydrogen) atoms. The van der Waals surface area contributed by atoms with Gasteiger partial charge in [0.2, 0.25) is 0 Å². The lowest BCUT2D eigenvalue weighted by atomic mass is 9.95. The van der Waals surface area contributed by atoms with Crippen molar-refractivity contribution in [3.05, 3.63) is 32.7 Å². The van der Waals surface area contributed by atoms with Crippen LogP contribution in [0.4, 0.5) is 0 Å². The van der Waals surface area contributed by atoms with Crippen LogP contribution >= 0.6 is 31.9 Å². The monoisotopic (exact) mass is 507 g/mol. The number of esters is 2. The van der Waals surface area contributed by atoms with Crippen LogP contribution in [0.15, 0.2) is 27.1 Å². The summed E-state index contributed by atoms with van der Waals surface area (Å²) in [5.74, 6) is -5.29. The van der Waals surface area contributed by atoms with Crippen molar-refractivity contribution in [3.8, 4) is 0 Å². The molecule has 0 radical (unpaired) electrons. The number of benzene rings is 1. The number of hydrogen-bond donors (Lipinski definition) is 2. The number of nitrogens with one attached hydrogen (secondary N) is 1. The average molecular weight is 509 g/mol. The highest BCUT2D eigenvalue weighted by Gasteiger charge is 2.38. The number of carbonyl (C=O) groups is 4. The fourth-order valence-electron chi connectivity index (χ4n) is 2.23. The van der Waals surface area contributed by atoms with Crippen molar-refractivity contribution in [1.29, 1.82) is 0 Å². The highest BCUT2D eigenvalue weighted by molar-refractivity contribution is 9.11. The van der Waals surface area contributed by atoms with E-state index in [9.17, 15) is 24.3 Å². The molecule has 8 nitrogen and oxygen atoms in total. The van der Waals surface area contributed by atoms with Gasteiger partial charge in [0.15, 0.2) is 0 Å². The van der Waals surface area contributed by atoms with Gasteiger partial charge in [-0.25, -0.2) is 4.79 Å². The van der Waals surface area contributed by atoms with Gasteiger partial charge in [-0.2, -0.15) is 0 Å². The number of carboxylic acid groups (broad SMARTS) is 1. The Morgan fingerprint density at radius 2 is 1.59 bits per heavy atom. The van der Waals surface area contributed by atoms with Crippen LogP contribution in [-0.4, -0.2) is 48.2 Å². The lowest BCUT2D eigenvalue weighted by Gasteiger charge is -2.23. The van der Waals surface area contributed by atoms with Crippen molar-refractivity contribution in [2.24, 2.45) is 5.92 Å². The molecular weight excluding hydrogens is 490 g/mol. The number of aliphatic carboxylic acids is 1. The quantitative estimate of drug-likeness (QED) is 0.492. The topological polar surface area (TPSA) is 119 Å². The molecule has 0 bridgehead atoms. The van der Waals surface area contributed by atoms with Crippen molar-refractivity contribution in [3.63, 3.8) is 0 Å². The maximum Gasteiger partial charge on any atom is 0.327 e. The summed E-state index contributed by atoms with van der Waals surface area (Å²) in [6.07, 6.45) is -0.536. The van der Waals surface area contributed by atoms with Gasteiger partial charge in [-0.1, -0.05) is 31.9 Å². The minimum Gasteiger partial charge on any atom is -0.480 e. The van der Waals surface area contributed by atoms with Crippen molar-refractivity contribution in [1.82, 2.24) is 5.32 Å². The maximum absolute atomic E-state index is 12.5. The molecule has 1 rings (SSSR count). The third kappa shape index (κ3) is 7.30. The third-order valence-electron chi connectivity index (χ3n) is 3.36. The maximum atomic E-state index is 12.5. The van der Waals surface area contributed by atoms with E-state index < -0.39 is 42.2 Å². The molecule has 0 aliphatic rings. The zero-order chi connectivity index (χ0) is 20.6. The number of hydrogen-bond acceptors (Lipinski definition) is 6. The van der Waals surface area contributed by atoms with Gasteiger partial charge >= 0.3 is 17.9 Å². The fourth-order valence-corrected chi connectivity index (χ4v) is 3.52. The molecule has 0 heterocycles. The molecule has 148 valence electrons. The normalized spacial score (nSPS) is 12.6. The first-order chi connectivity index (χ1) is 12.7. The molecule has 0 aromatic heterocycles. The molecule has 0 saturated heterocycles. The number of carbonyl (C=O) groups excluding carboxylic acids is 3. The van der Waals surface area contributed by atoms with E-state index in [4.69, 9.17) is 9.47 Å². The van der Waals surface area contributed by atoms with Gasteiger partial charge in [0.25, 0.3) is 5.91 Å². The second kappa shape index (κ2) is 11.0. The molecule has 1 amide bonds. The zero-order valence-electron chi connectivity index (χ0n) is 14.7. The lowest BCUT2D eigenvalue weighted by molar-refractivity contribution is -0.159. The van der Waals surface area contributed by atoms with E-state index in [1.54, 1.807) is 19.9 Å². The van der Waals surface area contributed by atoms with E-state index in [1.165, 1.54) is 12.1 Å². The summed E-state index contributed by atoms with van der Waals surface area (Å²) in [6.45, 7) is 3.20. The molecule has 0 spiro atoms. The summed E-state index contributed by atoms with van der Waals surface area (Å²) in [6, 6.07) is 3.01. The van der Waals surface area contributed by atoms with Crippen molar-refractivity contribution < 1.29 is 33.8 Å². The van der Waals surface area contributed by atoms with Gasteiger partial charge in [0.05, 0.1) is 25.6 Å². The van der Waals surface area contributed by atoms with E-state index in [0.29, 0.717) is 8.95 Å². The van der Waals surface area contributed by atoms with E-state index in [2.05, 4.69) is 37.2 Å². The van der Waals surface area contributed by atoms with E-state index in [-0.39, 0.29) is 18.8 Å². The molecule has 0 saturated carbocycles. The van der Waals surface area contributed by atoms with Crippen molar-refractivity contribution >= 4 is 55.7 Å². The second-order valence-electron chi connectivity index (χ2n) is 5.32. The SMILES string of the molecule is CCOC(=O)C[C@H](C(=O)OCC)[C@H](NC(=O)c1cc(Br)cc(Br)c1)C(=O)O. The van der Waals surface area contributed by atoms with Crippen molar-refractivity contribution in [2.75, 3.05) is 13.2 Å². The molecule has 0 fully saturated rings. The Bertz CT molecular complexity index is 703. The van der Waals surface area contributed by atoms with Gasteiger partial charge in [0.1, 0.15) is 6.04 Å². The first-order valence-electron chi connectivity index (χ1n) is 8.01. The first kappa shape index (κ1) is 23.1. The summed E-state index contributed by atoms with van der Waals surface area (Å²) >= 11 is 6.47. The predicted octanol–water partition coefficient (Wildman–Crippen LogP) is 2.53. The summed E-state index contributed by atoms with van der Waals surface area (Å²) in [5, 5.41) is 11.8. The number of amides is 1. The van der Waals surface area contributed by atoms with Gasteiger partial charge in [-0.3, -0.25) is 14.4 Å². The first-order valence-corrected chi connectivity index (χ1v) is 9.60. The van der Waals surface area contributed by atoms with E-state index in [0.717, 1.165) is 0 Å². The Hall–Kier alpha value is -1.94. The average Bonchev–Trinajstić information content (AvgIpc) is 2.57. The summed E-state index contributed by atoms with van der Waals surface area (Å²) < 4.78 is 10.8. The van der Waals surface area contributed by atoms with Crippen LogP contribution in [-0.2, 0) is 23.9 Å². The molecule has 10 heteroatoms. The molecule has 2 N–H and O–H groups in total. The molecule has 0 aliphatic carbocycles.